The molecule has 0 radical (unpaired) electrons. The molecule has 9 nitrogen and oxygen atoms in total. The third-order valence-electron chi connectivity index (χ3n) is 4.07. The monoisotopic (exact) mass is 376 g/mol. The third kappa shape index (κ3) is 4.59. The van der Waals surface area contributed by atoms with Crippen LogP contribution in [0.1, 0.15) is 0 Å². The van der Waals surface area contributed by atoms with Crippen LogP contribution in [0.25, 0.3) is 0 Å². The van der Waals surface area contributed by atoms with Crippen LogP contribution in [0.4, 0.5) is 11.4 Å². The fraction of sp³-hybridized carbons (Fsp3) is 0.333. The zero-order valence-electron chi connectivity index (χ0n) is 14.2. The average molecular weight is 376 g/mol. The van der Waals surface area contributed by atoms with Crippen molar-refractivity contribution in [2.75, 3.05) is 6.61 Å². The summed E-state index contributed by atoms with van der Waals surface area (Å²) >= 11 is 0. The van der Waals surface area contributed by atoms with Gasteiger partial charge in [0.25, 0.3) is 0 Å². The van der Waals surface area contributed by atoms with Crippen LogP contribution in [0.2, 0.25) is 0 Å². The van der Waals surface area contributed by atoms with Crippen LogP contribution in [0.3, 0.4) is 0 Å². The lowest BCUT2D eigenvalue weighted by Gasteiger charge is -2.39. The molecule has 2 aromatic rings. The Morgan fingerprint density at radius 3 is 1.93 bits per heavy atom. The minimum atomic E-state index is -1.50. The number of rotatable bonds is 5. The SMILES string of the molecule is OC[C@H]1O[C@@H](Oc2ccc(N=Nc3ccc(O)cc3)cc2)[C@H](O)[C@@H](O)[C@@H]1O. The van der Waals surface area contributed by atoms with Crippen molar-refractivity contribution in [2.45, 2.75) is 30.7 Å². The molecule has 0 aromatic heterocycles. The van der Waals surface area contributed by atoms with Gasteiger partial charge in [-0.1, -0.05) is 0 Å². The third-order valence-corrected chi connectivity index (χ3v) is 4.07. The van der Waals surface area contributed by atoms with Gasteiger partial charge in [-0.3, -0.25) is 0 Å². The number of hydrogen-bond acceptors (Lipinski definition) is 9. The molecular formula is C18H20N2O7. The second kappa shape index (κ2) is 8.42. The molecule has 5 N–H and O–H groups in total. The number of aromatic hydroxyl groups is 1. The Morgan fingerprint density at radius 2 is 1.37 bits per heavy atom. The van der Waals surface area contributed by atoms with Gasteiger partial charge in [-0.15, -0.1) is 0 Å². The average Bonchev–Trinajstić information content (AvgIpc) is 2.69. The normalized spacial score (nSPS) is 28.4. The smallest absolute Gasteiger partial charge is 0.229 e. The lowest BCUT2D eigenvalue weighted by atomic mass is 9.99. The van der Waals surface area contributed by atoms with Crippen molar-refractivity contribution in [1.82, 2.24) is 0 Å². The van der Waals surface area contributed by atoms with Crippen LogP contribution in [0.5, 0.6) is 11.5 Å². The van der Waals surface area contributed by atoms with Crippen molar-refractivity contribution in [3.63, 3.8) is 0 Å². The molecule has 2 aromatic carbocycles. The van der Waals surface area contributed by atoms with Gasteiger partial charge in [0.1, 0.15) is 35.9 Å². The van der Waals surface area contributed by atoms with E-state index in [9.17, 15) is 25.5 Å². The van der Waals surface area contributed by atoms with Crippen molar-refractivity contribution in [3.8, 4) is 11.5 Å². The van der Waals surface area contributed by atoms with Crippen molar-refractivity contribution in [2.24, 2.45) is 10.2 Å². The number of nitrogens with zero attached hydrogens (tertiary/aromatic N) is 2. The fourth-order valence-corrected chi connectivity index (χ4v) is 2.52. The number of aliphatic hydroxyl groups is 4. The molecule has 1 heterocycles. The molecule has 3 rings (SSSR count). The molecule has 0 bridgehead atoms. The van der Waals surface area contributed by atoms with Crippen molar-refractivity contribution in [3.05, 3.63) is 48.5 Å². The molecule has 9 heteroatoms. The van der Waals surface area contributed by atoms with Gasteiger partial charge in [-0.25, -0.2) is 0 Å². The van der Waals surface area contributed by atoms with Crippen LogP contribution in [0, 0.1) is 0 Å². The molecule has 1 aliphatic rings. The predicted molar refractivity (Wildman–Crippen MR) is 93.1 cm³/mol. The summed E-state index contributed by atoms with van der Waals surface area (Å²) in [6.07, 6.45) is -6.69. The highest BCUT2D eigenvalue weighted by molar-refractivity contribution is 5.44. The molecule has 27 heavy (non-hydrogen) atoms. The highest BCUT2D eigenvalue weighted by Crippen LogP contribution is 2.26. The largest absolute Gasteiger partial charge is 0.508 e. The van der Waals surface area contributed by atoms with Gasteiger partial charge in [0.2, 0.25) is 6.29 Å². The Bertz CT molecular complexity index is 764. The van der Waals surface area contributed by atoms with Gasteiger partial charge in [-0.2, -0.15) is 10.2 Å². The quantitative estimate of drug-likeness (QED) is 0.489. The van der Waals surface area contributed by atoms with E-state index in [-0.39, 0.29) is 5.75 Å². The zero-order chi connectivity index (χ0) is 19.4. The summed E-state index contributed by atoms with van der Waals surface area (Å²) in [6.45, 7) is -0.526. The highest BCUT2D eigenvalue weighted by Gasteiger charge is 2.44. The van der Waals surface area contributed by atoms with E-state index in [1.165, 1.54) is 12.1 Å². The number of phenols is 1. The number of azo groups is 1. The van der Waals surface area contributed by atoms with Crippen molar-refractivity contribution >= 4 is 11.4 Å². The molecule has 0 unspecified atom stereocenters. The Hall–Kier alpha value is -2.56. The molecule has 0 amide bonds. The summed E-state index contributed by atoms with van der Waals surface area (Å²) in [5.74, 6) is 0.478. The van der Waals surface area contributed by atoms with Gasteiger partial charge in [0.05, 0.1) is 18.0 Å². The fourth-order valence-electron chi connectivity index (χ4n) is 2.52. The van der Waals surface area contributed by atoms with Crippen LogP contribution < -0.4 is 4.74 Å². The molecule has 1 aliphatic heterocycles. The van der Waals surface area contributed by atoms with Crippen molar-refractivity contribution < 1.29 is 35.0 Å². The molecule has 1 fully saturated rings. The van der Waals surface area contributed by atoms with Crippen molar-refractivity contribution in [1.29, 1.82) is 0 Å². The van der Waals surface area contributed by atoms with E-state index in [2.05, 4.69) is 10.2 Å². The van der Waals surface area contributed by atoms with Gasteiger partial charge >= 0.3 is 0 Å². The maximum Gasteiger partial charge on any atom is 0.229 e. The Balaban J connectivity index is 1.64. The number of aliphatic hydroxyl groups excluding tert-OH is 4. The van der Waals surface area contributed by atoms with E-state index in [0.29, 0.717) is 17.1 Å². The van der Waals surface area contributed by atoms with E-state index >= 15 is 0 Å². The standard InChI is InChI=1S/C18H20N2O7/c21-9-14-15(23)16(24)17(25)18(27-14)26-13-7-3-11(4-8-13)20-19-10-1-5-12(22)6-2-10/h1-8,14-18,21-25H,9H2/t14-,15-,16+,17-,18-/m1/s1. The van der Waals surface area contributed by atoms with Crippen LogP contribution in [0.15, 0.2) is 58.8 Å². The summed E-state index contributed by atoms with van der Waals surface area (Å²) in [6, 6.07) is 12.7. The summed E-state index contributed by atoms with van der Waals surface area (Å²) in [4.78, 5) is 0. The zero-order valence-corrected chi connectivity index (χ0v) is 14.2. The molecule has 0 spiro atoms. The Kier molecular flexibility index (Phi) is 5.99. The van der Waals surface area contributed by atoms with Gasteiger partial charge < -0.3 is 35.0 Å². The van der Waals surface area contributed by atoms with Crippen LogP contribution in [-0.2, 0) is 4.74 Å². The summed E-state index contributed by atoms with van der Waals surface area (Å²) in [7, 11) is 0. The number of phenolic OH excluding ortho intramolecular Hbond substituents is 1. The molecule has 0 aliphatic carbocycles. The van der Waals surface area contributed by atoms with E-state index in [1.807, 2.05) is 0 Å². The first kappa shape index (κ1) is 19.2. The lowest BCUT2D eigenvalue weighted by Crippen LogP contribution is -2.60. The molecule has 5 atom stereocenters. The Morgan fingerprint density at radius 1 is 0.815 bits per heavy atom. The number of ether oxygens (including phenoxy) is 2. The summed E-state index contributed by atoms with van der Waals surface area (Å²) in [5, 5.41) is 56.0. The van der Waals surface area contributed by atoms with Crippen LogP contribution in [-0.4, -0.2) is 62.8 Å². The number of hydrogen-bond donors (Lipinski definition) is 5. The Labute approximate surface area is 154 Å². The van der Waals surface area contributed by atoms with Crippen LogP contribution >= 0.6 is 0 Å². The maximum atomic E-state index is 9.97. The first-order valence-corrected chi connectivity index (χ1v) is 8.26. The van der Waals surface area contributed by atoms with Gasteiger partial charge in [0, 0.05) is 0 Å². The number of benzene rings is 2. The molecule has 1 saturated heterocycles. The minimum absolute atomic E-state index is 0.142. The van der Waals surface area contributed by atoms with Gasteiger partial charge in [-0.05, 0) is 48.5 Å². The second-order valence-corrected chi connectivity index (χ2v) is 6.03. The lowest BCUT2D eigenvalue weighted by molar-refractivity contribution is -0.277. The summed E-state index contributed by atoms with van der Waals surface area (Å²) < 4.78 is 10.8. The van der Waals surface area contributed by atoms with E-state index < -0.39 is 37.3 Å². The van der Waals surface area contributed by atoms with E-state index in [0.717, 1.165) is 0 Å². The first-order valence-electron chi connectivity index (χ1n) is 8.26. The molecular weight excluding hydrogens is 356 g/mol. The molecule has 0 saturated carbocycles. The second-order valence-electron chi connectivity index (χ2n) is 6.03. The first-order chi connectivity index (χ1) is 13.0. The van der Waals surface area contributed by atoms with E-state index in [1.54, 1.807) is 36.4 Å². The minimum Gasteiger partial charge on any atom is -0.508 e. The highest BCUT2D eigenvalue weighted by atomic mass is 16.7. The topological polar surface area (TPSA) is 144 Å². The van der Waals surface area contributed by atoms with E-state index in [4.69, 9.17) is 9.47 Å². The predicted octanol–water partition coefficient (Wildman–Crippen LogP) is 0.986. The summed E-state index contributed by atoms with van der Waals surface area (Å²) in [5.41, 5.74) is 1.12. The molecule has 144 valence electrons. The van der Waals surface area contributed by atoms with Gasteiger partial charge in [0.15, 0.2) is 0 Å². The maximum absolute atomic E-state index is 9.97.